The maximum absolute atomic E-state index is 14.8. The van der Waals surface area contributed by atoms with E-state index < -0.39 is 11.6 Å². The molecular formula is C24H23F3. The molecule has 0 spiro atoms. The van der Waals surface area contributed by atoms with Crippen LogP contribution in [-0.2, 0) is 0 Å². The molecule has 27 heavy (non-hydrogen) atoms. The minimum Gasteiger partial charge on any atom is -0.206 e. The van der Waals surface area contributed by atoms with Gasteiger partial charge in [-0.3, -0.25) is 0 Å². The van der Waals surface area contributed by atoms with Crippen molar-refractivity contribution < 1.29 is 13.2 Å². The van der Waals surface area contributed by atoms with Gasteiger partial charge in [0.2, 0.25) is 0 Å². The van der Waals surface area contributed by atoms with Gasteiger partial charge in [0, 0.05) is 10.9 Å². The van der Waals surface area contributed by atoms with Crippen molar-refractivity contribution in [3.63, 3.8) is 0 Å². The third-order valence-electron chi connectivity index (χ3n) is 6.11. The first-order valence-corrected chi connectivity index (χ1v) is 9.74. The summed E-state index contributed by atoms with van der Waals surface area (Å²) in [5.41, 5.74) is 2.24. The van der Waals surface area contributed by atoms with Crippen LogP contribution in [0.1, 0.15) is 50.5 Å². The maximum Gasteiger partial charge on any atom is 0.166 e. The third kappa shape index (κ3) is 3.47. The molecule has 0 bridgehead atoms. The zero-order valence-electron chi connectivity index (χ0n) is 15.4. The monoisotopic (exact) mass is 368 g/mol. The molecule has 140 valence electrons. The molecule has 0 aliphatic heterocycles. The van der Waals surface area contributed by atoms with Gasteiger partial charge in [-0.1, -0.05) is 43.7 Å². The molecule has 0 aromatic heterocycles. The second-order valence-corrected chi connectivity index (χ2v) is 7.66. The average molecular weight is 368 g/mol. The summed E-state index contributed by atoms with van der Waals surface area (Å²) in [6.07, 6.45) is 5.91. The van der Waals surface area contributed by atoms with Gasteiger partial charge in [0.25, 0.3) is 0 Å². The molecule has 4 rings (SSSR count). The third-order valence-corrected chi connectivity index (χ3v) is 6.11. The summed E-state index contributed by atoms with van der Waals surface area (Å²) >= 11 is 0. The zero-order valence-corrected chi connectivity index (χ0v) is 15.4. The van der Waals surface area contributed by atoms with Gasteiger partial charge in [0.15, 0.2) is 11.6 Å². The van der Waals surface area contributed by atoms with Crippen molar-refractivity contribution in [1.82, 2.24) is 0 Å². The Morgan fingerprint density at radius 3 is 2.30 bits per heavy atom. The first kappa shape index (κ1) is 18.1. The van der Waals surface area contributed by atoms with Crippen molar-refractivity contribution in [2.45, 2.75) is 44.9 Å². The smallest absolute Gasteiger partial charge is 0.166 e. The van der Waals surface area contributed by atoms with Crippen LogP contribution in [0.3, 0.4) is 0 Å². The van der Waals surface area contributed by atoms with E-state index >= 15 is 0 Å². The van der Waals surface area contributed by atoms with E-state index in [1.807, 2.05) is 12.1 Å². The molecule has 0 atom stereocenters. The Balaban J connectivity index is 1.63. The van der Waals surface area contributed by atoms with Gasteiger partial charge in [-0.25, -0.2) is 13.2 Å². The van der Waals surface area contributed by atoms with Crippen molar-refractivity contribution in [2.75, 3.05) is 0 Å². The predicted molar refractivity (Wildman–Crippen MR) is 104 cm³/mol. The molecule has 0 radical (unpaired) electrons. The van der Waals surface area contributed by atoms with Crippen LogP contribution in [0.15, 0.2) is 48.5 Å². The van der Waals surface area contributed by atoms with E-state index in [4.69, 9.17) is 0 Å². The average Bonchev–Trinajstić information content (AvgIpc) is 2.70. The van der Waals surface area contributed by atoms with Crippen LogP contribution in [0.2, 0.25) is 0 Å². The molecule has 0 saturated heterocycles. The molecule has 3 aromatic rings. The largest absolute Gasteiger partial charge is 0.206 e. The van der Waals surface area contributed by atoms with E-state index in [9.17, 15) is 13.2 Å². The van der Waals surface area contributed by atoms with Crippen LogP contribution in [0.5, 0.6) is 0 Å². The molecule has 0 amide bonds. The number of rotatable bonds is 3. The van der Waals surface area contributed by atoms with Crippen LogP contribution in [-0.4, -0.2) is 0 Å². The summed E-state index contributed by atoms with van der Waals surface area (Å²) in [6, 6.07) is 13.0. The Morgan fingerprint density at radius 2 is 1.59 bits per heavy atom. The summed E-state index contributed by atoms with van der Waals surface area (Å²) in [5, 5.41) is 0.774. The molecule has 3 heteroatoms. The number of hydrogen-bond donors (Lipinski definition) is 0. The predicted octanol–water partition coefficient (Wildman–Crippen LogP) is 7.61. The Labute approximate surface area is 158 Å². The Bertz CT molecular complexity index is 969. The fraction of sp³-hybridized carbons (Fsp3) is 0.333. The highest BCUT2D eigenvalue weighted by molar-refractivity contribution is 5.88. The highest BCUT2D eigenvalue weighted by Gasteiger charge is 2.22. The van der Waals surface area contributed by atoms with Crippen LogP contribution in [0, 0.1) is 23.4 Å². The molecule has 0 N–H and O–H groups in total. The van der Waals surface area contributed by atoms with Crippen LogP contribution in [0.25, 0.3) is 21.9 Å². The van der Waals surface area contributed by atoms with Gasteiger partial charge in [0.1, 0.15) is 5.82 Å². The fourth-order valence-electron chi connectivity index (χ4n) is 4.36. The van der Waals surface area contributed by atoms with E-state index in [2.05, 4.69) is 6.92 Å². The lowest BCUT2D eigenvalue weighted by molar-refractivity contribution is 0.318. The van der Waals surface area contributed by atoms with Gasteiger partial charge in [0.05, 0.1) is 0 Å². The standard InChI is InChI=1S/C24H23F3/c1-2-15-3-5-16(6-4-15)17-7-10-20(23(26)14-17)18-8-11-21-19(13-18)9-12-22(25)24(21)27/h7-16H,2-6H2,1H3. The minimum atomic E-state index is -0.872. The van der Waals surface area contributed by atoms with Crippen LogP contribution < -0.4 is 0 Å². The fourth-order valence-corrected chi connectivity index (χ4v) is 4.36. The minimum absolute atomic E-state index is 0.212. The van der Waals surface area contributed by atoms with Gasteiger partial charge < -0.3 is 0 Å². The van der Waals surface area contributed by atoms with Crippen LogP contribution in [0.4, 0.5) is 13.2 Å². The van der Waals surface area contributed by atoms with Gasteiger partial charge in [-0.05, 0) is 72.2 Å². The maximum atomic E-state index is 14.8. The first-order chi connectivity index (χ1) is 13.1. The highest BCUT2D eigenvalue weighted by atomic mass is 19.2. The van der Waals surface area contributed by atoms with Crippen molar-refractivity contribution in [3.05, 3.63) is 71.5 Å². The van der Waals surface area contributed by atoms with Gasteiger partial charge >= 0.3 is 0 Å². The van der Waals surface area contributed by atoms with Crippen molar-refractivity contribution in [2.24, 2.45) is 5.92 Å². The molecule has 3 aromatic carbocycles. The van der Waals surface area contributed by atoms with E-state index in [1.165, 1.54) is 31.4 Å². The lowest BCUT2D eigenvalue weighted by Gasteiger charge is -2.28. The summed E-state index contributed by atoms with van der Waals surface area (Å²) in [6.45, 7) is 2.24. The van der Waals surface area contributed by atoms with Crippen LogP contribution >= 0.6 is 0 Å². The summed E-state index contributed by atoms with van der Waals surface area (Å²) in [4.78, 5) is 0. The second-order valence-electron chi connectivity index (χ2n) is 7.66. The van der Waals surface area contributed by atoms with E-state index in [1.54, 1.807) is 18.2 Å². The number of fused-ring (bicyclic) bond motifs is 1. The summed E-state index contributed by atoms with van der Waals surface area (Å²) in [5.74, 6) is -0.744. The Kier molecular flexibility index (Phi) is 4.94. The molecule has 0 nitrogen and oxygen atoms in total. The summed E-state index contributed by atoms with van der Waals surface area (Å²) < 4.78 is 42.1. The van der Waals surface area contributed by atoms with Gasteiger partial charge in [-0.2, -0.15) is 0 Å². The quantitative estimate of drug-likeness (QED) is 0.446. The molecule has 0 heterocycles. The number of hydrogen-bond acceptors (Lipinski definition) is 0. The molecule has 1 aliphatic rings. The molecule has 1 saturated carbocycles. The van der Waals surface area contributed by atoms with Crippen molar-refractivity contribution >= 4 is 10.8 Å². The lowest BCUT2D eigenvalue weighted by atomic mass is 9.77. The van der Waals surface area contributed by atoms with Crippen molar-refractivity contribution in [1.29, 1.82) is 0 Å². The molecule has 1 fully saturated rings. The first-order valence-electron chi connectivity index (χ1n) is 9.74. The number of halogens is 3. The molecular weight excluding hydrogens is 345 g/mol. The van der Waals surface area contributed by atoms with Crippen molar-refractivity contribution in [3.8, 4) is 11.1 Å². The summed E-state index contributed by atoms with van der Waals surface area (Å²) in [7, 11) is 0. The Morgan fingerprint density at radius 1 is 0.815 bits per heavy atom. The lowest BCUT2D eigenvalue weighted by Crippen LogP contribution is -2.12. The highest BCUT2D eigenvalue weighted by Crippen LogP contribution is 2.38. The topological polar surface area (TPSA) is 0 Å². The second kappa shape index (κ2) is 7.38. The van der Waals surface area contributed by atoms with Gasteiger partial charge in [-0.15, -0.1) is 0 Å². The molecule has 1 aliphatic carbocycles. The van der Waals surface area contributed by atoms with E-state index in [0.29, 0.717) is 22.4 Å². The Hall–Kier alpha value is -2.29. The van der Waals surface area contributed by atoms with E-state index in [0.717, 1.165) is 30.4 Å². The molecule has 0 unspecified atom stereocenters. The zero-order chi connectivity index (χ0) is 19.0. The number of benzene rings is 3. The van der Waals surface area contributed by atoms with E-state index in [-0.39, 0.29) is 11.2 Å². The normalized spacial score (nSPS) is 20.1. The SMILES string of the molecule is CCC1CCC(c2ccc(-c3ccc4c(F)c(F)ccc4c3)c(F)c2)CC1.